The monoisotopic (exact) mass is 323 g/mol. The van der Waals surface area contributed by atoms with Gasteiger partial charge in [0.15, 0.2) is 5.75 Å². The van der Waals surface area contributed by atoms with Crippen LogP contribution in [0.25, 0.3) is 0 Å². The molecule has 0 radical (unpaired) electrons. The van der Waals surface area contributed by atoms with Crippen molar-refractivity contribution in [2.24, 2.45) is 0 Å². The van der Waals surface area contributed by atoms with Crippen molar-refractivity contribution in [3.63, 3.8) is 0 Å². The van der Waals surface area contributed by atoms with Crippen LogP contribution < -0.4 is 10.1 Å². The minimum atomic E-state index is -0.653. The lowest BCUT2D eigenvalue weighted by Gasteiger charge is -2.27. The normalized spacial score (nSPS) is 14.6. The molecule has 0 unspecified atom stereocenters. The van der Waals surface area contributed by atoms with E-state index in [0.29, 0.717) is 25.1 Å². The fourth-order valence-corrected chi connectivity index (χ4v) is 2.52. The number of phenolic OH excluding ortho intramolecular Hbond substituents is 1. The molecule has 2 N–H and O–H groups in total. The number of phenols is 1. The lowest BCUT2D eigenvalue weighted by atomic mass is 10.1. The van der Waals surface area contributed by atoms with E-state index in [1.807, 2.05) is 0 Å². The van der Waals surface area contributed by atoms with Crippen molar-refractivity contribution in [1.29, 1.82) is 0 Å². The Bertz CT molecular complexity index is 585. The van der Waals surface area contributed by atoms with E-state index in [2.05, 4.69) is 5.32 Å². The van der Waals surface area contributed by atoms with Gasteiger partial charge in [0.05, 0.1) is 11.5 Å². The van der Waals surface area contributed by atoms with Crippen LogP contribution in [0.2, 0.25) is 0 Å². The summed E-state index contributed by atoms with van der Waals surface area (Å²) in [4.78, 5) is 24.3. The van der Waals surface area contributed by atoms with E-state index in [-0.39, 0.29) is 24.7 Å². The van der Waals surface area contributed by atoms with Crippen LogP contribution in [0.3, 0.4) is 0 Å². The summed E-state index contributed by atoms with van der Waals surface area (Å²) in [5.74, 6) is -0.374. The van der Waals surface area contributed by atoms with E-state index >= 15 is 0 Å². The number of nitro benzene ring substituents is 1. The smallest absolute Gasteiger partial charge is 0.314 e. The Kier molecular flexibility index (Phi) is 5.75. The van der Waals surface area contributed by atoms with Gasteiger partial charge < -0.3 is 20.1 Å². The maximum Gasteiger partial charge on any atom is 0.314 e. The van der Waals surface area contributed by atoms with E-state index in [4.69, 9.17) is 4.74 Å². The Morgan fingerprint density at radius 3 is 2.74 bits per heavy atom. The number of nitro groups is 1. The summed E-state index contributed by atoms with van der Waals surface area (Å²) in [7, 11) is 0. The second kappa shape index (κ2) is 7.77. The van der Waals surface area contributed by atoms with Crippen LogP contribution in [-0.2, 0) is 11.2 Å². The lowest BCUT2D eigenvalue weighted by molar-refractivity contribution is -0.386. The summed E-state index contributed by atoms with van der Waals surface area (Å²) in [6, 6.07) is 2.85. The highest BCUT2D eigenvalue weighted by Crippen LogP contribution is 2.37. The first-order valence-corrected chi connectivity index (χ1v) is 7.64. The number of nitrogens with one attached hydrogen (secondary N) is 1. The third-order valence-corrected chi connectivity index (χ3v) is 3.71. The van der Waals surface area contributed by atoms with E-state index in [1.54, 1.807) is 17.9 Å². The number of benzene rings is 1. The predicted octanol–water partition coefficient (Wildman–Crippen LogP) is 1.06. The van der Waals surface area contributed by atoms with E-state index < -0.39 is 16.4 Å². The lowest BCUT2D eigenvalue weighted by Crippen LogP contribution is -2.46. The second-order valence-electron chi connectivity index (χ2n) is 5.28. The molecule has 1 heterocycles. The van der Waals surface area contributed by atoms with Crippen LogP contribution >= 0.6 is 0 Å². The molecule has 0 bridgehead atoms. The Morgan fingerprint density at radius 2 is 2.13 bits per heavy atom. The average molecular weight is 323 g/mol. The quantitative estimate of drug-likeness (QED) is 0.599. The molecular formula is C15H21N3O5. The Morgan fingerprint density at radius 1 is 1.43 bits per heavy atom. The molecule has 1 amide bonds. The topological polar surface area (TPSA) is 105 Å². The van der Waals surface area contributed by atoms with Crippen molar-refractivity contribution in [2.45, 2.75) is 19.8 Å². The van der Waals surface area contributed by atoms with Crippen LogP contribution in [0.5, 0.6) is 11.5 Å². The Hall–Kier alpha value is -2.35. The van der Waals surface area contributed by atoms with Crippen molar-refractivity contribution in [3.05, 3.63) is 27.8 Å². The summed E-state index contributed by atoms with van der Waals surface area (Å²) in [5, 5.41) is 24.0. The van der Waals surface area contributed by atoms with Gasteiger partial charge in [-0.05, 0) is 25.0 Å². The molecule has 126 valence electrons. The van der Waals surface area contributed by atoms with Crippen LogP contribution in [-0.4, -0.2) is 53.6 Å². The van der Waals surface area contributed by atoms with Crippen molar-refractivity contribution in [3.8, 4) is 11.5 Å². The molecule has 8 nitrogen and oxygen atoms in total. The summed E-state index contributed by atoms with van der Waals surface area (Å²) in [6.45, 7) is 4.94. The van der Waals surface area contributed by atoms with Gasteiger partial charge in [-0.25, -0.2) is 0 Å². The number of hydrogen-bond donors (Lipinski definition) is 2. The van der Waals surface area contributed by atoms with E-state index in [0.717, 1.165) is 13.1 Å². The number of hydrogen-bond acceptors (Lipinski definition) is 6. The number of ether oxygens (including phenoxy) is 1. The fourth-order valence-electron chi connectivity index (χ4n) is 2.52. The van der Waals surface area contributed by atoms with Gasteiger partial charge in [0, 0.05) is 38.7 Å². The molecule has 0 spiro atoms. The van der Waals surface area contributed by atoms with E-state index in [1.165, 1.54) is 6.07 Å². The van der Waals surface area contributed by atoms with Crippen molar-refractivity contribution in [1.82, 2.24) is 10.2 Å². The first-order valence-electron chi connectivity index (χ1n) is 7.64. The van der Waals surface area contributed by atoms with Gasteiger partial charge >= 0.3 is 5.69 Å². The minimum Gasteiger partial charge on any atom is -0.500 e. The number of piperazine rings is 1. The highest BCUT2D eigenvalue weighted by atomic mass is 16.6. The molecule has 1 fully saturated rings. The molecule has 1 aromatic carbocycles. The van der Waals surface area contributed by atoms with E-state index in [9.17, 15) is 20.0 Å². The standard InChI is InChI=1S/C15H21N3O5/c1-2-23-13-10-11(9-12(15(13)20)18(21)22)3-4-14(19)17-7-5-16-6-8-17/h9-10,16,20H,2-8H2,1H3. The largest absolute Gasteiger partial charge is 0.500 e. The second-order valence-corrected chi connectivity index (χ2v) is 5.28. The zero-order valence-corrected chi connectivity index (χ0v) is 13.1. The number of carbonyl (C=O) groups excluding carboxylic acids is 1. The first-order chi connectivity index (χ1) is 11.0. The fraction of sp³-hybridized carbons (Fsp3) is 0.533. The molecule has 8 heteroatoms. The molecule has 1 aliphatic rings. The van der Waals surface area contributed by atoms with Crippen molar-refractivity contribution < 1.29 is 19.6 Å². The van der Waals surface area contributed by atoms with Gasteiger partial charge in [-0.2, -0.15) is 0 Å². The highest BCUT2D eigenvalue weighted by molar-refractivity contribution is 5.76. The highest BCUT2D eigenvalue weighted by Gasteiger charge is 2.21. The molecule has 1 saturated heterocycles. The number of rotatable bonds is 6. The Labute approximate surface area is 134 Å². The number of nitrogens with zero attached hydrogens (tertiary/aromatic N) is 2. The molecule has 2 rings (SSSR count). The predicted molar refractivity (Wildman–Crippen MR) is 83.7 cm³/mol. The molecule has 0 saturated carbocycles. The number of amides is 1. The van der Waals surface area contributed by atoms with Gasteiger partial charge in [0.25, 0.3) is 0 Å². The molecule has 0 aromatic heterocycles. The van der Waals surface area contributed by atoms with Crippen LogP contribution in [0.15, 0.2) is 12.1 Å². The molecule has 0 atom stereocenters. The van der Waals surface area contributed by atoms with Crippen molar-refractivity contribution in [2.75, 3.05) is 32.8 Å². The van der Waals surface area contributed by atoms with Crippen LogP contribution in [0.4, 0.5) is 5.69 Å². The van der Waals surface area contributed by atoms with Crippen LogP contribution in [0, 0.1) is 10.1 Å². The molecular weight excluding hydrogens is 302 g/mol. The van der Waals surface area contributed by atoms with Gasteiger partial charge in [-0.3, -0.25) is 14.9 Å². The molecule has 1 aliphatic heterocycles. The third kappa shape index (κ3) is 4.32. The van der Waals surface area contributed by atoms with Gasteiger partial charge in [-0.15, -0.1) is 0 Å². The average Bonchev–Trinajstić information content (AvgIpc) is 2.55. The van der Waals surface area contributed by atoms with Gasteiger partial charge in [0.1, 0.15) is 0 Å². The first kappa shape index (κ1) is 17.0. The maximum atomic E-state index is 12.2. The molecule has 0 aliphatic carbocycles. The number of aromatic hydroxyl groups is 1. The summed E-state index contributed by atoms with van der Waals surface area (Å²) >= 11 is 0. The SMILES string of the molecule is CCOc1cc(CCC(=O)N2CCNCC2)cc([N+](=O)[O-])c1O. The molecule has 1 aromatic rings. The van der Waals surface area contributed by atoms with Gasteiger partial charge in [0.2, 0.25) is 11.7 Å². The summed E-state index contributed by atoms with van der Waals surface area (Å²) < 4.78 is 5.23. The van der Waals surface area contributed by atoms with Crippen molar-refractivity contribution >= 4 is 11.6 Å². The van der Waals surface area contributed by atoms with Gasteiger partial charge in [-0.1, -0.05) is 0 Å². The third-order valence-electron chi connectivity index (χ3n) is 3.71. The van der Waals surface area contributed by atoms with Crippen LogP contribution in [0.1, 0.15) is 18.9 Å². The summed E-state index contributed by atoms with van der Waals surface area (Å²) in [6.07, 6.45) is 0.636. The zero-order chi connectivity index (χ0) is 16.8. The molecule has 23 heavy (non-hydrogen) atoms. The number of aryl methyl sites for hydroxylation is 1. The number of carbonyl (C=O) groups is 1. The summed E-state index contributed by atoms with van der Waals surface area (Å²) in [5.41, 5.74) is 0.196. The zero-order valence-electron chi connectivity index (χ0n) is 13.1. The minimum absolute atomic E-state index is 0.0280. The maximum absolute atomic E-state index is 12.2. The Balaban J connectivity index is 2.09.